The van der Waals surface area contributed by atoms with Crippen molar-refractivity contribution in [1.82, 2.24) is 4.90 Å². The van der Waals surface area contributed by atoms with Gasteiger partial charge in [0.05, 0.1) is 0 Å². The minimum atomic E-state index is 0.477. The summed E-state index contributed by atoms with van der Waals surface area (Å²) in [7, 11) is 0. The van der Waals surface area contributed by atoms with Crippen LogP contribution in [0.5, 0.6) is 0 Å². The van der Waals surface area contributed by atoms with Gasteiger partial charge in [0.15, 0.2) is 0 Å². The zero-order valence-corrected chi connectivity index (χ0v) is 8.05. The Balaban J connectivity index is 1.88. The predicted octanol–water partition coefficient (Wildman–Crippen LogP) is 1.35. The largest absolute Gasteiger partial charge is 0.328 e. The molecule has 1 aliphatic heterocycles. The number of nitrogens with zero attached hydrogens (tertiary/aromatic N) is 1. The second-order valence-electron chi connectivity index (χ2n) is 4.67. The molecule has 1 saturated heterocycles. The van der Waals surface area contributed by atoms with Crippen molar-refractivity contribution in [3.8, 4) is 0 Å². The summed E-state index contributed by atoms with van der Waals surface area (Å²) in [6, 6.07) is 0.477. The van der Waals surface area contributed by atoms with Gasteiger partial charge in [-0.15, -0.1) is 0 Å². The first kappa shape index (κ1) is 8.52. The Morgan fingerprint density at radius 2 is 1.83 bits per heavy atom. The van der Waals surface area contributed by atoms with Crippen molar-refractivity contribution in [2.45, 2.75) is 50.6 Å². The van der Waals surface area contributed by atoms with Gasteiger partial charge < -0.3 is 5.73 Å². The standard InChI is InChI=1S/C10H20N2/c1-10(5-2-6-10)12-7-3-9(11)4-8-12/h9H,2-8,11H2,1H3. The van der Waals surface area contributed by atoms with Crippen LogP contribution in [0.1, 0.15) is 39.0 Å². The highest BCUT2D eigenvalue weighted by Gasteiger charge is 2.38. The van der Waals surface area contributed by atoms with E-state index in [0.29, 0.717) is 11.6 Å². The van der Waals surface area contributed by atoms with Crippen molar-refractivity contribution in [3.05, 3.63) is 0 Å². The van der Waals surface area contributed by atoms with Crippen molar-refractivity contribution in [1.29, 1.82) is 0 Å². The molecule has 0 bridgehead atoms. The Bertz CT molecular complexity index is 155. The van der Waals surface area contributed by atoms with Crippen LogP contribution >= 0.6 is 0 Å². The fraction of sp³-hybridized carbons (Fsp3) is 1.00. The van der Waals surface area contributed by atoms with E-state index in [0.717, 1.165) is 0 Å². The molecule has 0 atom stereocenters. The van der Waals surface area contributed by atoms with E-state index in [1.165, 1.54) is 45.2 Å². The number of hydrogen-bond acceptors (Lipinski definition) is 2. The summed E-state index contributed by atoms with van der Waals surface area (Å²) in [6.07, 6.45) is 6.65. The highest BCUT2D eigenvalue weighted by Crippen LogP contribution is 2.38. The summed E-state index contributed by atoms with van der Waals surface area (Å²) in [5.41, 5.74) is 6.43. The molecule has 2 heteroatoms. The van der Waals surface area contributed by atoms with E-state index >= 15 is 0 Å². The summed E-state index contributed by atoms with van der Waals surface area (Å²) < 4.78 is 0. The lowest BCUT2D eigenvalue weighted by Gasteiger charge is -2.50. The molecule has 70 valence electrons. The van der Waals surface area contributed by atoms with Crippen LogP contribution in [0.25, 0.3) is 0 Å². The Morgan fingerprint density at radius 1 is 1.25 bits per heavy atom. The van der Waals surface area contributed by atoms with E-state index in [9.17, 15) is 0 Å². The van der Waals surface area contributed by atoms with Gasteiger partial charge >= 0.3 is 0 Å². The Labute approximate surface area is 75.1 Å². The summed E-state index contributed by atoms with van der Waals surface area (Å²) >= 11 is 0. The molecule has 0 aromatic carbocycles. The molecule has 0 aromatic rings. The number of likely N-dealkylation sites (tertiary alicyclic amines) is 1. The van der Waals surface area contributed by atoms with Crippen molar-refractivity contribution in [2.75, 3.05) is 13.1 Å². The maximum atomic E-state index is 5.87. The van der Waals surface area contributed by atoms with Crippen LogP contribution in [-0.2, 0) is 0 Å². The molecular formula is C10H20N2. The lowest BCUT2D eigenvalue weighted by Crippen LogP contribution is -2.55. The minimum absolute atomic E-state index is 0.477. The van der Waals surface area contributed by atoms with Crippen LogP contribution in [0.15, 0.2) is 0 Å². The number of piperidine rings is 1. The predicted molar refractivity (Wildman–Crippen MR) is 51.0 cm³/mol. The molecule has 2 rings (SSSR count). The summed E-state index contributed by atoms with van der Waals surface area (Å²) in [5, 5.41) is 0. The molecule has 2 nitrogen and oxygen atoms in total. The van der Waals surface area contributed by atoms with E-state index in [1.807, 2.05) is 0 Å². The number of nitrogens with two attached hydrogens (primary N) is 1. The van der Waals surface area contributed by atoms with Gasteiger partial charge in [0.25, 0.3) is 0 Å². The fourth-order valence-electron chi connectivity index (χ4n) is 2.44. The molecule has 2 aliphatic rings. The van der Waals surface area contributed by atoms with Gasteiger partial charge in [-0.25, -0.2) is 0 Å². The molecule has 0 aromatic heterocycles. The smallest absolute Gasteiger partial charge is 0.0181 e. The molecule has 0 unspecified atom stereocenters. The van der Waals surface area contributed by atoms with E-state index in [4.69, 9.17) is 5.73 Å². The Hall–Kier alpha value is -0.0800. The summed E-state index contributed by atoms with van der Waals surface area (Å²) in [6.45, 7) is 4.88. The van der Waals surface area contributed by atoms with Crippen molar-refractivity contribution < 1.29 is 0 Å². The third-order valence-electron chi connectivity index (χ3n) is 3.73. The zero-order chi connectivity index (χ0) is 8.60. The third-order valence-corrected chi connectivity index (χ3v) is 3.73. The van der Waals surface area contributed by atoms with E-state index in [2.05, 4.69) is 11.8 Å². The number of rotatable bonds is 1. The first-order valence-corrected chi connectivity index (χ1v) is 5.21. The van der Waals surface area contributed by atoms with Crippen molar-refractivity contribution in [3.63, 3.8) is 0 Å². The normalized spacial score (nSPS) is 31.5. The minimum Gasteiger partial charge on any atom is -0.328 e. The summed E-state index contributed by atoms with van der Waals surface area (Å²) in [4.78, 5) is 2.65. The van der Waals surface area contributed by atoms with Crippen LogP contribution in [0.2, 0.25) is 0 Å². The molecule has 0 spiro atoms. The summed E-state index contributed by atoms with van der Waals surface area (Å²) in [5.74, 6) is 0. The van der Waals surface area contributed by atoms with Crippen LogP contribution in [0.3, 0.4) is 0 Å². The van der Waals surface area contributed by atoms with E-state index in [-0.39, 0.29) is 0 Å². The first-order chi connectivity index (χ1) is 5.71. The quantitative estimate of drug-likeness (QED) is 0.640. The van der Waals surface area contributed by atoms with Crippen molar-refractivity contribution >= 4 is 0 Å². The average Bonchev–Trinajstić information content (AvgIpc) is 2.02. The molecule has 0 radical (unpaired) electrons. The first-order valence-electron chi connectivity index (χ1n) is 5.21. The maximum Gasteiger partial charge on any atom is 0.0181 e. The van der Waals surface area contributed by atoms with Gasteiger partial charge in [-0.2, -0.15) is 0 Å². The maximum absolute atomic E-state index is 5.87. The Kier molecular flexibility index (Phi) is 2.13. The molecule has 1 aliphatic carbocycles. The van der Waals surface area contributed by atoms with Gasteiger partial charge in [0.1, 0.15) is 0 Å². The molecule has 12 heavy (non-hydrogen) atoms. The molecule has 1 heterocycles. The second-order valence-corrected chi connectivity index (χ2v) is 4.67. The Morgan fingerprint density at radius 3 is 2.25 bits per heavy atom. The number of hydrogen-bond donors (Lipinski definition) is 1. The van der Waals surface area contributed by atoms with Gasteiger partial charge in [0.2, 0.25) is 0 Å². The van der Waals surface area contributed by atoms with Crippen LogP contribution in [0, 0.1) is 0 Å². The molecule has 0 amide bonds. The van der Waals surface area contributed by atoms with Crippen LogP contribution in [0.4, 0.5) is 0 Å². The highest BCUT2D eigenvalue weighted by molar-refractivity contribution is 4.95. The highest BCUT2D eigenvalue weighted by atomic mass is 15.2. The van der Waals surface area contributed by atoms with E-state index in [1.54, 1.807) is 0 Å². The molecule has 2 fully saturated rings. The van der Waals surface area contributed by atoms with Gasteiger partial charge in [0, 0.05) is 24.7 Å². The lowest BCUT2D eigenvalue weighted by molar-refractivity contribution is 0.0138. The van der Waals surface area contributed by atoms with Crippen LogP contribution < -0.4 is 5.73 Å². The molecular weight excluding hydrogens is 148 g/mol. The SMILES string of the molecule is CC1(N2CCC(N)CC2)CCC1. The monoisotopic (exact) mass is 168 g/mol. The van der Waals surface area contributed by atoms with Gasteiger partial charge in [-0.3, -0.25) is 4.90 Å². The van der Waals surface area contributed by atoms with Crippen LogP contribution in [-0.4, -0.2) is 29.6 Å². The lowest BCUT2D eigenvalue weighted by atomic mass is 9.76. The average molecular weight is 168 g/mol. The fourth-order valence-corrected chi connectivity index (χ4v) is 2.44. The van der Waals surface area contributed by atoms with Gasteiger partial charge in [-0.1, -0.05) is 0 Å². The van der Waals surface area contributed by atoms with Crippen molar-refractivity contribution in [2.24, 2.45) is 5.73 Å². The zero-order valence-electron chi connectivity index (χ0n) is 8.05. The molecule has 2 N–H and O–H groups in total. The second kappa shape index (κ2) is 3.00. The van der Waals surface area contributed by atoms with E-state index < -0.39 is 0 Å². The third kappa shape index (κ3) is 1.38. The topological polar surface area (TPSA) is 29.3 Å². The van der Waals surface area contributed by atoms with Gasteiger partial charge in [-0.05, 0) is 39.0 Å². The molecule has 1 saturated carbocycles.